The van der Waals surface area contributed by atoms with Gasteiger partial charge in [-0.25, -0.2) is 38.4 Å². The van der Waals surface area contributed by atoms with Crippen LogP contribution in [0.4, 0.5) is 0 Å². The van der Waals surface area contributed by atoms with Crippen molar-refractivity contribution in [2.75, 3.05) is 26.4 Å². The highest BCUT2D eigenvalue weighted by Crippen LogP contribution is 2.10. The third-order valence-corrected chi connectivity index (χ3v) is 6.71. The number of carboxylic acid groups (broad SMARTS) is 8. The number of hydrogen-bond donors (Lipinski definition) is 8. The molecule has 0 atom stereocenters. The molecule has 6 rings (SSSR count). The summed E-state index contributed by atoms with van der Waals surface area (Å²) in [7, 11) is 0. The van der Waals surface area contributed by atoms with Gasteiger partial charge in [0.05, 0.1) is 44.5 Å². The Morgan fingerprint density at radius 3 is 0.429 bits per heavy atom. The number of rotatable bonds is 8. The largest absolute Gasteiger partial charge is 0.478 e. The van der Waals surface area contributed by atoms with E-state index in [2.05, 4.69) is 0 Å². The summed E-state index contributed by atoms with van der Waals surface area (Å²) in [6, 6.07) is 21.9. The normalized spacial score (nSPS) is 11.4. The maximum absolute atomic E-state index is 10.5. The number of benzene rings is 4. The standard InChI is InChI=1S/4C8H6O4.2C3H6O/c4*9-7(10)5-3-1-2-4-6(5)8(11)12;2*1-2-4-3-1/h4*1-4H,(H,9,10)(H,11,12);2*1-3H2. The molecule has 18 nitrogen and oxygen atoms in total. The first-order valence-corrected chi connectivity index (χ1v) is 15.9. The fourth-order valence-electron chi connectivity index (χ4n) is 3.71. The molecule has 2 aliphatic rings. The average molecular weight is 781 g/mol. The van der Waals surface area contributed by atoms with Crippen LogP contribution in [0, 0.1) is 0 Å². The maximum atomic E-state index is 10.5. The smallest absolute Gasteiger partial charge is 0.336 e. The summed E-state index contributed by atoms with van der Waals surface area (Å²) in [6.45, 7) is 4.00. The molecule has 0 unspecified atom stereocenters. The van der Waals surface area contributed by atoms with E-state index in [9.17, 15) is 38.4 Å². The molecule has 0 aromatic heterocycles. The molecule has 0 bridgehead atoms. The van der Waals surface area contributed by atoms with Crippen molar-refractivity contribution in [1.82, 2.24) is 0 Å². The molecular formula is C38H36O18. The van der Waals surface area contributed by atoms with Crippen molar-refractivity contribution in [1.29, 1.82) is 0 Å². The van der Waals surface area contributed by atoms with Crippen molar-refractivity contribution in [3.8, 4) is 0 Å². The SMILES string of the molecule is C1COC1.C1COC1.O=C(O)c1ccccc1C(=O)O.O=C(O)c1ccccc1C(=O)O.O=C(O)c1ccccc1C(=O)O.O=C(O)c1ccccc1C(=O)O. The minimum Gasteiger partial charge on any atom is -0.478 e. The van der Waals surface area contributed by atoms with Crippen LogP contribution in [0.15, 0.2) is 97.1 Å². The molecule has 2 aliphatic heterocycles. The first-order valence-electron chi connectivity index (χ1n) is 15.9. The number of aromatic carboxylic acids is 8. The molecule has 2 fully saturated rings. The summed E-state index contributed by atoms with van der Waals surface area (Å²) in [5, 5.41) is 68.4. The van der Waals surface area contributed by atoms with Crippen LogP contribution in [0.5, 0.6) is 0 Å². The zero-order chi connectivity index (χ0) is 42.2. The van der Waals surface area contributed by atoms with Crippen LogP contribution < -0.4 is 0 Å². The predicted molar refractivity (Wildman–Crippen MR) is 192 cm³/mol. The van der Waals surface area contributed by atoms with Crippen molar-refractivity contribution in [2.24, 2.45) is 0 Å². The summed E-state index contributed by atoms with van der Waals surface area (Å²) >= 11 is 0. The van der Waals surface area contributed by atoms with Gasteiger partial charge in [0.25, 0.3) is 0 Å². The average Bonchev–Trinajstić information content (AvgIpc) is 3.10. The van der Waals surface area contributed by atoms with Gasteiger partial charge in [-0.05, 0) is 61.4 Å². The van der Waals surface area contributed by atoms with Crippen LogP contribution in [-0.4, -0.2) is 115 Å². The maximum Gasteiger partial charge on any atom is 0.336 e. The highest BCUT2D eigenvalue weighted by molar-refractivity contribution is 6.03. The van der Waals surface area contributed by atoms with Gasteiger partial charge in [0, 0.05) is 26.4 Å². The van der Waals surface area contributed by atoms with Gasteiger partial charge in [0.15, 0.2) is 0 Å². The van der Waals surface area contributed by atoms with Crippen molar-refractivity contribution in [2.45, 2.75) is 12.8 Å². The Bertz CT molecular complexity index is 1580. The Hall–Kier alpha value is -7.44. The van der Waals surface area contributed by atoms with E-state index in [1.54, 1.807) is 0 Å². The molecular weight excluding hydrogens is 744 g/mol. The first kappa shape index (κ1) is 46.6. The summed E-state index contributed by atoms with van der Waals surface area (Å²) in [5.74, 6) is -9.83. The van der Waals surface area contributed by atoms with Gasteiger partial charge in [-0.15, -0.1) is 0 Å². The van der Waals surface area contributed by atoms with E-state index in [0.717, 1.165) is 26.4 Å². The monoisotopic (exact) mass is 780 g/mol. The van der Waals surface area contributed by atoms with Gasteiger partial charge >= 0.3 is 47.8 Å². The van der Waals surface area contributed by atoms with E-state index in [4.69, 9.17) is 50.3 Å². The van der Waals surface area contributed by atoms with E-state index in [1.807, 2.05) is 0 Å². The number of hydrogen-bond acceptors (Lipinski definition) is 10. The number of ether oxygens (including phenoxy) is 2. The summed E-state index contributed by atoms with van der Waals surface area (Å²) in [6.07, 6.45) is 2.56. The summed E-state index contributed by atoms with van der Waals surface area (Å²) in [4.78, 5) is 83.7. The van der Waals surface area contributed by atoms with E-state index < -0.39 is 47.8 Å². The summed E-state index contributed by atoms with van der Waals surface area (Å²) in [5.41, 5.74) is -1.52. The third kappa shape index (κ3) is 16.5. The van der Waals surface area contributed by atoms with Crippen molar-refractivity contribution >= 4 is 47.8 Å². The zero-order valence-electron chi connectivity index (χ0n) is 29.1. The fourth-order valence-corrected chi connectivity index (χ4v) is 3.71. The second-order valence-corrected chi connectivity index (χ2v) is 10.6. The third-order valence-electron chi connectivity index (χ3n) is 6.71. The zero-order valence-corrected chi connectivity index (χ0v) is 29.1. The lowest BCUT2D eigenvalue weighted by Crippen LogP contribution is -2.09. The van der Waals surface area contributed by atoms with E-state index >= 15 is 0 Å². The van der Waals surface area contributed by atoms with Crippen LogP contribution in [0.2, 0.25) is 0 Å². The minimum absolute atomic E-state index is 0.190. The minimum atomic E-state index is -1.23. The molecule has 296 valence electrons. The van der Waals surface area contributed by atoms with Crippen molar-refractivity contribution in [3.05, 3.63) is 142 Å². The molecule has 2 heterocycles. The van der Waals surface area contributed by atoms with Gasteiger partial charge in [-0.1, -0.05) is 48.5 Å². The van der Waals surface area contributed by atoms with Crippen molar-refractivity contribution < 1.29 is 88.7 Å². The lowest BCUT2D eigenvalue weighted by atomic mass is 10.1. The van der Waals surface area contributed by atoms with Crippen LogP contribution in [0.25, 0.3) is 0 Å². The first-order chi connectivity index (χ1) is 26.5. The van der Waals surface area contributed by atoms with Gasteiger partial charge < -0.3 is 50.3 Å². The van der Waals surface area contributed by atoms with Crippen LogP contribution in [0.3, 0.4) is 0 Å². The molecule has 0 radical (unpaired) electrons. The van der Waals surface area contributed by atoms with Crippen LogP contribution >= 0.6 is 0 Å². The number of carbonyl (C=O) groups is 8. The fraction of sp³-hybridized carbons (Fsp3) is 0.158. The van der Waals surface area contributed by atoms with E-state index in [1.165, 1.54) is 110 Å². The van der Waals surface area contributed by atoms with Crippen molar-refractivity contribution in [3.63, 3.8) is 0 Å². The highest BCUT2D eigenvalue weighted by Gasteiger charge is 2.16. The van der Waals surface area contributed by atoms with E-state index in [0.29, 0.717) is 0 Å². The quantitative estimate of drug-likeness (QED) is 0.115. The predicted octanol–water partition coefficient (Wildman–Crippen LogP) is 5.15. The summed E-state index contributed by atoms with van der Waals surface area (Å²) < 4.78 is 9.44. The lowest BCUT2D eigenvalue weighted by Gasteiger charge is -2.09. The molecule has 0 saturated carbocycles. The lowest BCUT2D eigenvalue weighted by molar-refractivity contribution is 0.0366. The molecule has 4 aromatic carbocycles. The molecule has 2 saturated heterocycles. The second kappa shape index (κ2) is 24.7. The van der Waals surface area contributed by atoms with Gasteiger partial charge in [-0.2, -0.15) is 0 Å². The Morgan fingerprint density at radius 1 is 0.286 bits per heavy atom. The van der Waals surface area contributed by atoms with Crippen LogP contribution in [-0.2, 0) is 9.47 Å². The van der Waals surface area contributed by atoms with E-state index in [-0.39, 0.29) is 44.5 Å². The molecule has 8 N–H and O–H groups in total. The number of carboxylic acids is 8. The van der Waals surface area contributed by atoms with Gasteiger partial charge in [0.1, 0.15) is 0 Å². The Labute approximate surface area is 317 Å². The highest BCUT2D eigenvalue weighted by atomic mass is 16.5. The second-order valence-electron chi connectivity index (χ2n) is 10.6. The Balaban J connectivity index is 0.000000349. The van der Waals surface area contributed by atoms with Crippen LogP contribution in [0.1, 0.15) is 95.7 Å². The molecule has 18 heteroatoms. The molecule has 4 aromatic rings. The molecule has 0 aliphatic carbocycles. The molecule has 0 amide bonds. The van der Waals surface area contributed by atoms with Gasteiger partial charge in [0.2, 0.25) is 0 Å². The Morgan fingerprint density at radius 2 is 0.375 bits per heavy atom. The topological polar surface area (TPSA) is 317 Å². The Kier molecular flexibility index (Phi) is 20.6. The molecule has 0 spiro atoms. The molecule has 56 heavy (non-hydrogen) atoms. The van der Waals surface area contributed by atoms with Gasteiger partial charge in [-0.3, -0.25) is 0 Å².